The zero-order valence-corrected chi connectivity index (χ0v) is 11.7. The number of likely N-dealkylation sites (tertiary alicyclic amines) is 1. The summed E-state index contributed by atoms with van der Waals surface area (Å²) in [5.41, 5.74) is 0.585. The SMILES string of the molecule is CC(C)(C)OC(=O)N1CC(NCc2ccccn2)C1. The van der Waals surface area contributed by atoms with Crippen molar-refractivity contribution in [2.24, 2.45) is 0 Å². The molecule has 0 saturated carbocycles. The van der Waals surface area contributed by atoms with Crippen LogP contribution in [-0.2, 0) is 11.3 Å². The van der Waals surface area contributed by atoms with E-state index in [1.807, 2.05) is 39.0 Å². The minimum atomic E-state index is -0.427. The van der Waals surface area contributed by atoms with Crippen molar-refractivity contribution in [3.63, 3.8) is 0 Å². The quantitative estimate of drug-likeness (QED) is 0.903. The topological polar surface area (TPSA) is 54.5 Å². The molecule has 1 aromatic rings. The van der Waals surface area contributed by atoms with E-state index in [2.05, 4.69) is 10.3 Å². The highest BCUT2D eigenvalue weighted by Crippen LogP contribution is 2.15. The molecule has 0 atom stereocenters. The lowest BCUT2D eigenvalue weighted by molar-refractivity contribution is 0.00516. The largest absolute Gasteiger partial charge is 0.444 e. The number of hydrogen-bond donors (Lipinski definition) is 1. The van der Waals surface area contributed by atoms with Crippen LogP contribution in [0.25, 0.3) is 0 Å². The molecule has 5 heteroatoms. The van der Waals surface area contributed by atoms with Crippen molar-refractivity contribution in [2.75, 3.05) is 13.1 Å². The van der Waals surface area contributed by atoms with Gasteiger partial charge in [0.2, 0.25) is 0 Å². The van der Waals surface area contributed by atoms with E-state index in [1.54, 1.807) is 11.1 Å². The molecule has 1 amide bonds. The van der Waals surface area contributed by atoms with Crippen molar-refractivity contribution in [1.82, 2.24) is 15.2 Å². The number of amides is 1. The highest BCUT2D eigenvalue weighted by atomic mass is 16.6. The second-order valence-corrected chi connectivity index (χ2v) is 5.78. The molecule has 1 aromatic heterocycles. The summed E-state index contributed by atoms with van der Waals surface area (Å²) in [6.45, 7) is 7.75. The number of carbonyl (C=O) groups is 1. The Balaban J connectivity index is 1.68. The number of nitrogens with zero attached hydrogens (tertiary/aromatic N) is 2. The van der Waals surface area contributed by atoms with Crippen molar-refractivity contribution in [3.8, 4) is 0 Å². The first kappa shape index (κ1) is 13.8. The monoisotopic (exact) mass is 263 g/mol. The van der Waals surface area contributed by atoms with Gasteiger partial charge in [-0.2, -0.15) is 0 Å². The van der Waals surface area contributed by atoms with Crippen molar-refractivity contribution in [3.05, 3.63) is 30.1 Å². The summed E-state index contributed by atoms with van der Waals surface area (Å²) in [4.78, 5) is 17.7. The fraction of sp³-hybridized carbons (Fsp3) is 0.571. The Bertz CT molecular complexity index is 422. The zero-order chi connectivity index (χ0) is 13.9. The molecule has 0 aliphatic carbocycles. The van der Waals surface area contributed by atoms with Gasteiger partial charge in [0.1, 0.15) is 5.60 Å². The predicted molar refractivity (Wildman–Crippen MR) is 72.7 cm³/mol. The van der Waals surface area contributed by atoms with Gasteiger partial charge in [-0.05, 0) is 32.9 Å². The molecule has 1 fully saturated rings. The number of carbonyl (C=O) groups excluding carboxylic acids is 1. The van der Waals surface area contributed by atoms with E-state index < -0.39 is 5.60 Å². The lowest BCUT2D eigenvalue weighted by Crippen LogP contribution is -2.60. The summed E-state index contributed by atoms with van der Waals surface area (Å²) in [6, 6.07) is 6.18. The Hall–Kier alpha value is -1.62. The van der Waals surface area contributed by atoms with Gasteiger partial charge in [0.15, 0.2) is 0 Å². The van der Waals surface area contributed by atoms with Crippen LogP contribution < -0.4 is 5.32 Å². The van der Waals surface area contributed by atoms with E-state index >= 15 is 0 Å². The fourth-order valence-corrected chi connectivity index (χ4v) is 1.83. The molecular formula is C14H21N3O2. The van der Waals surface area contributed by atoms with Crippen LogP contribution in [-0.4, -0.2) is 40.7 Å². The molecule has 0 bridgehead atoms. The first-order chi connectivity index (χ1) is 8.94. The smallest absolute Gasteiger partial charge is 0.410 e. The maximum absolute atomic E-state index is 11.7. The highest BCUT2D eigenvalue weighted by molar-refractivity contribution is 5.69. The maximum atomic E-state index is 11.7. The van der Waals surface area contributed by atoms with Gasteiger partial charge in [0, 0.05) is 31.9 Å². The molecule has 19 heavy (non-hydrogen) atoms. The Morgan fingerprint density at radius 2 is 2.21 bits per heavy atom. The molecule has 2 rings (SSSR count). The van der Waals surface area contributed by atoms with E-state index in [4.69, 9.17) is 4.74 Å². The first-order valence-electron chi connectivity index (χ1n) is 6.55. The van der Waals surface area contributed by atoms with Crippen molar-refractivity contribution in [2.45, 2.75) is 39.0 Å². The molecule has 0 spiro atoms. The Kier molecular flexibility index (Phi) is 4.04. The summed E-state index contributed by atoms with van der Waals surface area (Å²) in [7, 11) is 0. The normalized spacial score (nSPS) is 16.1. The molecule has 5 nitrogen and oxygen atoms in total. The fourth-order valence-electron chi connectivity index (χ4n) is 1.83. The van der Waals surface area contributed by atoms with Crippen molar-refractivity contribution >= 4 is 6.09 Å². The summed E-state index contributed by atoms with van der Waals surface area (Å²) >= 11 is 0. The molecule has 0 radical (unpaired) electrons. The first-order valence-corrected chi connectivity index (χ1v) is 6.55. The molecule has 1 aliphatic heterocycles. The van der Waals surface area contributed by atoms with Gasteiger partial charge in [0.25, 0.3) is 0 Å². The highest BCUT2D eigenvalue weighted by Gasteiger charge is 2.33. The van der Waals surface area contributed by atoms with Crippen LogP contribution in [0, 0.1) is 0 Å². The van der Waals surface area contributed by atoms with Crippen LogP contribution in [0.3, 0.4) is 0 Å². The maximum Gasteiger partial charge on any atom is 0.410 e. The van der Waals surface area contributed by atoms with Gasteiger partial charge < -0.3 is 15.0 Å². The van der Waals surface area contributed by atoms with Crippen LogP contribution >= 0.6 is 0 Å². The number of nitrogens with one attached hydrogen (secondary N) is 1. The third-order valence-corrected chi connectivity index (χ3v) is 2.83. The van der Waals surface area contributed by atoms with Gasteiger partial charge in [-0.3, -0.25) is 4.98 Å². The van der Waals surface area contributed by atoms with Crippen LogP contribution in [0.15, 0.2) is 24.4 Å². The minimum absolute atomic E-state index is 0.233. The molecule has 1 N–H and O–H groups in total. The Morgan fingerprint density at radius 1 is 1.47 bits per heavy atom. The molecular weight excluding hydrogens is 242 g/mol. The van der Waals surface area contributed by atoms with E-state index in [0.29, 0.717) is 19.1 Å². The van der Waals surface area contributed by atoms with Crippen LogP contribution in [0.5, 0.6) is 0 Å². The van der Waals surface area contributed by atoms with Crippen molar-refractivity contribution < 1.29 is 9.53 Å². The standard InChI is InChI=1S/C14H21N3O2/c1-14(2,3)19-13(18)17-9-12(10-17)16-8-11-6-4-5-7-15-11/h4-7,12,16H,8-10H2,1-3H3. The van der Waals surface area contributed by atoms with Crippen LogP contribution in [0.4, 0.5) is 4.79 Å². The Labute approximate surface area is 114 Å². The minimum Gasteiger partial charge on any atom is -0.444 e. The Morgan fingerprint density at radius 3 is 2.79 bits per heavy atom. The van der Waals surface area contributed by atoms with E-state index in [-0.39, 0.29) is 6.09 Å². The second kappa shape index (κ2) is 5.57. The van der Waals surface area contributed by atoms with Crippen LogP contribution in [0.1, 0.15) is 26.5 Å². The molecule has 2 heterocycles. The third-order valence-electron chi connectivity index (χ3n) is 2.83. The second-order valence-electron chi connectivity index (χ2n) is 5.78. The number of hydrogen-bond acceptors (Lipinski definition) is 4. The molecule has 104 valence electrons. The molecule has 1 aliphatic rings. The van der Waals surface area contributed by atoms with Gasteiger partial charge in [-0.25, -0.2) is 4.79 Å². The number of pyridine rings is 1. The van der Waals surface area contributed by atoms with Gasteiger partial charge in [-0.15, -0.1) is 0 Å². The van der Waals surface area contributed by atoms with Crippen LogP contribution in [0.2, 0.25) is 0 Å². The van der Waals surface area contributed by atoms with Gasteiger partial charge in [0.05, 0.1) is 5.69 Å². The number of rotatable bonds is 3. The van der Waals surface area contributed by atoms with Gasteiger partial charge >= 0.3 is 6.09 Å². The number of aromatic nitrogens is 1. The average Bonchev–Trinajstić information content (AvgIpc) is 2.25. The summed E-state index contributed by atoms with van der Waals surface area (Å²) in [5.74, 6) is 0. The molecule has 0 aromatic carbocycles. The predicted octanol–water partition coefficient (Wildman–Crippen LogP) is 1.79. The summed E-state index contributed by atoms with van der Waals surface area (Å²) in [5, 5.41) is 3.37. The van der Waals surface area contributed by atoms with Gasteiger partial charge in [-0.1, -0.05) is 6.07 Å². The average molecular weight is 263 g/mol. The third kappa shape index (κ3) is 4.21. The molecule has 0 unspecified atom stereocenters. The molecule has 1 saturated heterocycles. The van der Waals surface area contributed by atoms with E-state index in [1.165, 1.54) is 0 Å². The van der Waals surface area contributed by atoms with E-state index in [0.717, 1.165) is 12.2 Å². The zero-order valence-electron chi connectivity index (χ0n) is 11.7. The summed E-state index contributed by atoms with van der Waals surface area (Å²) in [6.07, 6.45) is 1.55. The van der Waals surface area contributed by atoms with E-state index in [9.17, 15) is 4.79 Å². The summed E-state index contributed by atoms with van der Waals surface area (Å²) < 4.78 is 5.30. The van der Waals surface area contributed by atoms with Crippen molar-refractivity contribution in [1.29, 1.82) is 0 Å². The lowest BCUT2D eigenvalue weighted by atomic mass is 10.1. The number of ether oxygens (including phenoxy) is 1. The lowest BCUT2D eigenvalue weighted by Gasteiger charge is -2.40.